The molecule has 0 amide bonds. The predicted octanol–water partition coefficient (Wildman–Crippen LogP) is 3.67. The van der Waals surface area contributed by atoms with E-state index in [-0.39, 0.29) is 18.0 Å². The highest BCUT2D eigenvalue weighted by atomic mass is 79.9. The molecule has 0 fully saturated rings. The van der Waals surface area contributed by atoms with E-state index in [0.717, 1.165) is 5.56 Å². The van der Waals surface area contributed by atoms with Crippen molar-refractivity contribution in [2.45, 2.75) is 26.7 Å². The van der Waals surface area contributed by atoms with Crippen LogP contribution in [0.3, 0.4) is 0 Å². The highest BCUT2D eigenvalue weighted by Gasteiger charge is 2.15. The lowest BCUT2D eigenvalue weighted by atomic mass is 10.0. The van der Waals surface area contributed by atoms with Gasteiger partial charge in [-0.3, -0.25) is 4.79 Å². The van der Waals surface area contributed by atoms with Crippen LogP contribution in [0.25, 0.3) is 0 Å². The molecule has 0 aliphatic heterocycles. The summed E-state index contributed by atoms with van der Waals surface area (Å²) < 4.78 is 13.6. The Morgan fingerprint density at radius 1 is 1.30 bits per heavy atom. The van der Waals surface area contributed by atoms with E-state index in [1.165, 1.54) is 12.1 Å². The molecule has 104 valence electrons. The molecule has 0 radical (unpaired) electrons. The molecular formula is C15H14BrFN2O. The summed E-state index contributed by atoms with van der Waals surface area (Å²) >= 11 is 3.28. The molecule has 2 rings (SSSR count). The van der Waals surface area contributed by atoms with E-state index in [2.05, 4.69) is 26.1 Å². The predicted molar refractivity (Wildman–Crippen MR) is 78.3 cm³/mol. The molecule has 0 spiro atoms. The summed E-state index contributed by atoms with van der Waals surface area (Å²) in [4.78, 5) is 12.4. The Morgan fingerprint density at radius 2 is 2.05 bits per heavy atom. The van der Waals surface area contributed by atoms with Crippen molar-refractivity contribution >= 4 is 21.7 Å². The van der Waals surface area contributed by atoms with Crippen LogP contribution in [-0.4, -0.2) is 16.0 Å². The summed E-state index contributed by atoms with van der Waals surface area (Å²) in [5.41, 5.74) is 2.76. The van der Waals surface area contributed by atoms with Crippen LogP contribution in [0.1, 0.15) is 34.2 Å². The molecule has 0 aliphatic rings. The van der Waals surface area contributed by atoms with Crippen LogP contribution in [0, 0.1) is 12.7 Å². The number of aryl methyl sites for hydroxylation is 2. The number of benzene rings is 1. The van der Waals surface area contributed by atoms with Crippen LogP contribution in [0.2, 0.25) is 0 Å². The Bertz CT molecular complexity index is 658. The van der Waals surface area contributed by atoms with Crippen molar-refractivity contribution in [1.82, 2.24) is 10.2 Å². The van der Waals surface area contributed by atoms with Gasteiger partial charge < -0.3 is 0 Å². The molecule has 0 unspecified atom stereocenters. The topological polar surface area (TPSA) is 42.9 Å². The fourth-order valence-electron chi connectivity index (χ4n) is 1.95. The van der Waals surface area contributed by atoms with Crippen LogP contribution in [0.4, 0.5) is 4.39 Å². The zero-order valence-electron chi connectivity index (χ0n) is 11.3. The number of hydrogen-bond donors (Lipinski definition) is 0. The van der Waals surface area contributed by atoms with Gasteiger partial charge in [-0.2, -0.15) is 10.2 Å². The standard InChI is InChI=1S/C15H14BrFN2O/c1-3-14-12(6-9(2)18-19-14)15(20)7-10-4-5-11(17)8-13(10)16/h4-6,8H,3,7H2,1-2H3. The Hall–Kier alpha value is -1.62. The van der Waals surface area contributed by atoms with E-state index < -0.39 is 0 Å². The SMILES string of the molecule is CCc1nnc(C)cc1C(=O)Cc1ccc(F)cc1Br. The van der Waals surface area contributed by atoms with Crippen LogP contribution >= 0.6 is 15.9 Å². The lowest BCUT2D eigenvalue weighted by Gasteiger charge is -2.08. The maximum absolute atomic E-state index is 13.0. The van der Waals surface area contributed by atoms with Crippen molar-refractivity contribution in [3.8, 4) is 0 Å². The smallest absolute Gasteiger partial charge is 0.169 e. The monoisotopic (exact) mass is 336 g/mol. The summed E-state index contributed by atoms with van der Waals surface area (Å²) in [6.07, 6.45) is 0.859. The molecule has 1 aromatic carbocycles. The first-order chi connectivity index (χ1) is 9.51. The van der Waals surface area contributed by atoms with Gasteiger partial charge in [0.25, 0.3) is 0 Å². The molecule has 2 aromatic rings. The van der Waals surface area contributed by atoms with Crippen LogP contribution in [-0.2, 0) is 12.8 Å². The Morgan fingerprint density at radius 3 is 2.70 bits per heavy atom. The van der Waals surface area contributed by atoms with Crippen molar-refractivity contribution in [1.29, 1.82) is 0 Å². The summed E-state index contributed by atoms with van der Waals surface area (Å²) in [5, 5.41) is 8.02. The van der Waals surface area contributed by atoms with Gasteiger partial charge in [-0.05, 0) is 37.1 Å². The Balaban J connectivity index is 2.30. The van der Waals surface area contributed by atoms with Crippen molar-refractivity contribution in [3.63, 3.8) is 0 Å². The summed E-state index contributed by atoms with van der Waals surface area (Å²) in [7, 11) is 0. The maximum Gasteiger partial charge on any atom is 0.169 e. The first-order valence-corrected chi connectivity index (χ1v) is 7.11. The molecular weight excluding hydrogens is 323 g/mol. The fourth-order valence-corrected chi connectivity index (χ4v) is 2.44. The normalized spacial score (nSPS) is 10.6. The summed E-state index contributed by atoms with van der Waals surface area (Å²) in [5.74, 6) is -0.365. The lowest BCUT2D eigenvalue weighted by Crippen LogP contribution is -2.10. The van der Waals surface area contributed by atoms with Gasteiger partial charge >= 0.3 is 0 Å². The first kappa shape index (κ1) is 14.8. The van der Waals surface area contributed by atoms with Crippen LogP contribution < -0.4 is 0 Å². The van der Waals surface area contributed by atoms with Gasteiger partial charge in [-0.25, -0.2) is 4.39 Å². The highest BCUT2D eigenvalue weighted by Crippen LogP contribution is 2.20. The number of ketones is 1. The number of rotatable bonds is 4. The lowest BCUT2D eigenvalue weighted by molar-refractivity contribution is 0.0991. The minimum Gasteiger partial charge on any atom is -0.294 e. The molecule has 0 saturated heterocycles. The molecule has 3 nitrogen and oxygen atoms in total. The van der Waals surface area contributed by atoms with E-state index in [9.17, 15) is 9.18 Å². The second-order valence-electron chi connectivity index (χ2n) is 4.54. The number of aromatic nitrogens is 2. The van der Waals surface area contributed by atoms with Crippen LogP contribution in [0.15, 0.2) is 28.7 Å². The van der Waals surface area contributed by atoms with E-state index >= 15 is 0 Å². The first-order valence-electron chi connectivity index (χ1n) is 6.31. The molecule has 0 saturated carbocycles. The number of halogens is 2. The second kappa shape index (κ2) is 6.22. The number of carbonyl (C=O) groups excluding carboxylic acids is 1. The Labute approximate surface area is 125 Å². The Kier molecular flexibility index (Phi) is 4.60. The molecule has 20 heavy (non-hydrogen) atoms. The van der Waals surface area contributed by atoms with Crippen molar-refractivity contribution in [2.75, 3.05) is 0 Å². The van der Waals surface area contributed by atoms with Gasteiger partial charge in [0.1, 0.15) is 5.82 Å². The van der Waals surface area contributed by atoms with Gasteiger partial charge in [-0.15, -0.1) is 0 Å². The van der Waals surface area contributed by atoms with Gasteiger partial charge in [0, 0.05) is 16.5 Å². The van der Waals surface area contributed by atoms with Gasteiger partial charge in [0.15, 0.2) is 5.78 Å². The van der Waals surface area contributed by atoms with E-state index in [4.69, 9.17) is 0 Å². The molecule has 0 N–H and O–H groups in total. The average Bonchev–Trinajstić information content (AvgIpc) is 2.41. The van der Waals surface area contributed by atoms with Crippen LogP contribution in [0.5, 0.6) is 0 Å². The largest absolute Gasteiger partial charge is 0.294 e. The third-order valence-electron chi connectivity index (χ3n) is 2.99. The average molecular weight is 337 g/mol. The molecule has 5 heteroatoms. The molecule has 1 aromatic heterocycles. The third-order valence-corrected chi connectivity index (χ3v) is 3.73. The molecule has 0 atom stereocenters. The summed E-state index contributed by atoms with van der Waals surface area (Å²) in [6, 6.07) is 6.08. The maximum atomic E-state index is 13.0. The zero-order valence-corrected chi connectivity index (χ0v) is 12.9. The van der Waals surface area contributed by atoms with E-state index in [0.29, 0.717) is 27.8 Å². The van der Waals surface area contributed by atoms with Crippen molar-refractivity contribution < 1.29 is 9.18 Å². The zero-order chi connectivity index (χ0) is 14.7. The van der Waals surface area contributed by atoms with Gasteiger partial charge in [0.05, 0.1) is 11.4 Å². The highest BCUT2D eigenvalue weighted by molar-refractivity contribution is 9.10. The summed E-state index contributed by atoms with van der Waals surface area (Å²) in [6.45, 7) is 3.74. The minimum absolute atomic E-state index is 0.0350. The third kappa shape index (κ3) is 3.28. The van der Waals surface area contributed by atoms with Crippen molar-refractivity contribution in [2.24, 2.45) is 0 Å². The number of nitrogens with zero attached hydrogens (tertiary/aromatic N) is 2. The number of hydrogen-bond acceptors (Lipinski definition) is 3. The second-order valence-corrected chi connectivity index (χ2v) is 5.39. The van der Waals surface area contributed by atoms with Crippen molar-refractivity contribution in [3.05, 3.63) is 57.1 Å². The van der Waals surface area contributed by atoms with Gasteiger partial charge in [-0.1, -0.05) is 28.9 Å². The van der Waals surface area contributed by atoms with E-state index in [1.54, 1.807) is 19.1 Å². The molecule has 0 aliphatic carbocycles. The minimum atomic E-state index is -0.330. The van der Waals surface area contributed by atoms with Gasteiger partial charge in [0.2, 0.25) is 0 Å². The molecule has 1 heterocycles. The fraction of sp³-hybridized carbons (Fsp3) is 0.267. The number of Topliss-reactive ketones (excluding diaryl/α,β-unsaturated/α-hetero) is 1. The quantitative estimate of drug-likeness (QED) is 0.800. The van der Waals surface area contributed by atoms with E-state index in [1.807, 2.05) is 6.92 Å². The number of carbonyl (C=O) groups is 1. The molecule has 0 bridgehead atoms.